The van der Waals surface area contributed by atoms with Crippen LogP contribution in [0.2, 0.25) is 0 Å². The summed E-state index contributed by atoms with van der Waals surface area (Å²) in [7, 11) is 3.17. The zero-order valence-electron chi connectivity index (χ0n) is 11.5. The molecule has 5 nitrogen and oxygen atoms in total. The fourth-order valence-electron chi connectivity index (χ4n) is 2.02. The molecule has 1 unspecified atom stereocenters. The fourth-order valence-corrected chi connectivity index (χ4v) is 2.02. The number of methoxy groups -OCH3 is 2. The van der Waals surface area contributed by atoms with E-state index in [1.54, 1.807) is 26.5 Å². The van der Waals surface area contributed by atoms with E-state index in [0.717, 1.165) is 5.39 Å². The van der Waals surface area contributed by atoms with Gasteiger partial charge in [0.15, 0.2) is 5.82 Å². The number of nitrogen functional groups attached to an aromatic ring is 1. The van der Waals surface area contributed by atoms with E-state index in [2.05, 4.69) is 10.3 Å². The number of halogens is 1. The fraction of sp³-hybridized carbons (Fsp3) is 0.357. The van der Waals surface area contributed by atoms with Gasteiger partial charge in [0.25, 0.3) is 0 Å². The lowest BCUT2D eigenvalue weighted by atomic mass is 10.1. The SMILES string of the molecule is COCC(CNc1c(F)cc(N)c2cccnc12)OC. The summed E-state index contributed by atoms with van der Waals surface area (Å²) < 4.78 is 24.3. The first kappa shape index (κ1) is 14.5. The highest BCUT2D eigenvalue weighted by Gasteiger charge is 2.14. The van der Waals surface area contributed by atoms with E-state index in [1.165, 1.54) is 6.07 Å². The van der Waals surface area contributed by atoms with Crippen LogP contribution in [0, 0.1) is 5.82 Å². The van der Waals surface area contributed by atoms with Gasteiger partial charge in [-0.15, -0.1) is 0 Å². The Balaban J connectivity index is 2.29. The molecule has 1 heterocycles. The normalized spacial score (nSPS) is 12.6. The number of fused-ring (bicyclic) bond motifs is 1. The Morgan fingerprint density at radius 1 is 1.45 bits per heavy atom. The molecule has 0 spiro atoms. The van der Waals surface area contributed by atoms with E-state index in [-0.39, 0.29) is 6.10 Å². The van der Waals surface area contributed by atoms with Gasteiger partial charge in [0.05, 0.1) is 23.9 Å². The van der Waals surface area contributed by atoms with Crippen LogP contribution in [0.4, 0.5) is 15.8 Å². The summed E-state index contributed by atoms with van der Waals surface area (Å²) in [6.45, 7) is 0.836. The summed E-state index contributed by atoms with van der Waals surface area (Å²) in [4.78, 5) is 4.20. The molecule has 0 saturated carbocycles. The van der Waals surface area contributed by atoms with E-state index < -0.39 is 5.82 Å². The highest BCUT2D eigenvalue weighted by molar-refractivity contribution is 5.98. The number of anilines is 2. The zero-order chi connectivity index (χ0) is 14.5. The van der Waals surface area contributed by atoms with Gasteiger partial charge in [-0.25, -0.2) is 4.39 Å². The van der Waals surface area contributed by atoms with Crippen molar-refractivity contribution in [2.75, 3.05) is 38.4 Å². The van der Waals surface area contributed by atoms with Crippen molar-refractivity contribution in [3.63, 3.8) is 0 Å². The van der Waals surface area contributed by atoms with Crippen LogP contribution >= 0.6 is 0 Å². The smallest absolute Gasteiger partial charge is 0.150 e. The second-order valence-electron chi connectivity index (χ2n) is 4.42. The summed E-state index contributed by atoms with van der Waals surface area (Å²) >= 11 is 0. The Kier molecular flexibility index (Phi) is 4.70. The minimum absolute atomic E-state index is 0.171. The molecule has 0 amide bonds. The maximum atomic E-state index is 14.1. The predicted molar refractivity (Wildman–Crippen MR) is 77.3 cm³/mol. The Morgan fingerprint density at radius 3 is 2.95 bits per heavy atom. The number of nitrogens with one attached hydrogen (secondary N) is 1. The summed E-state index contributed by atoms with van der Waals surface area (Å²) in [5.74, 6) is -0.430. The minimum atomic E-state index is -0.430. The van der Waals surface area contributed by atoms with Gasteiger partial charge in [-0.05, 0) is 18.2 Å². The highest BCUT2D eigenvalue weighted by atomic mass is 19.1. The van der Waals surface area contributed by atoms with Crippen LogP contribution in [0.15, 0.2) is 24.4 Å². The van der Waals surface area contributed by atoms with Gasteiger partial charge >= 0.3 is 0 Å². The average molecular weight is 279 g/mol. The Bertz CT molecular complexity index is 592. The zero-order valence-corrected chi connectivity index (χ0v) is 11.5. The van der Waals surface area contributed by atoms with Crippen molar-refractivity contribution in [1.29, 1.82) is 0 Å². The molecule has 2 aromatic rings. The molecular formula is C14H18FN3O2. The van der Waals surface area contributed by atoms with Crippen molar-refractivity contribution in [2.45, 2.75) is 6.10 Å². The van der Waals surface area contributed by atoms with Crippen molar-refractivity contribution in [2.24, 2.45) is 0 Å². The van der Waals surface area contributed by atoms with Crippen LogP contribution < -0.4 is 11.1 Å². The second kappa shape index (κ2) is 6.49. The number of hydrogen-bond donors (Lipinski definition) is 2. The number of benzene rings is 1. The number of hydrogen-bond acceptors (Lipinski definition) is 5. The molecular weight excluding hydrogens is 261 g/mol. The van der Waals surface area contributed by atoms with Crippen molar-refractivity contribution in [1.82, 2.24) is 4.98 Å². The van der Waals surface area contributed by atoms with Crippen LogP contribution in [-0.2, 0) is 9.47 Å². The van der Waals surface area contributed by atoms with Crippen molar-refractivity contribution < 1.29 is 13.9 Å². The van der Waals surface area contributed by atoms with E-state index in [4.69, 9.17) is 15.2 Å². The van der Waals surface area contributed by atoms with Gasteiger partial charge in [0.1, 0.15) is 0 Å². The third-order valence-electron chi connectivity index (χ3n) is 3.07. The van der Waals surface area contributed by atoms with Gasteiger partial charge in [-0.3, -0.25) is 4.98 Å². The maximum Gasteiger partial charge on any atom is 0.150 e. The number of nitrogens with zero attached hydrogens (tertiary/aromatic N) is 1. The van der Waals surface area contributed by atoms with Crippen molar-refractivity contribution >= 4 is 22.3 Å². The Labute approximate surface area is 116 Å². The number of ether oxygens (including phenoxy) is 2. The third-order valence-corrected chi connectivity index (χ3v) is 3.07. The molecule has 0 aliphatic rings. The molecule has 2 rings (SSSR count). The molecule has 20 heavy (non-hydrogen) atoms. The molecule has 1 atom stereocenters. The van der Waals surface area contributed by atoms with Crippen LogP contribution in [0.25, 0.3) is 10.9 Å². The molecule has 0 aliphatic heterocycles. The van der Waals surface area contributed by atoms with Crippen molar-refractivity contribution in [3.8, 4) is 0 Å². The minimum Gasteiger partial charge on any atom is -0.398 e. The number of rotatable bonds is 6. The first-order chi connectivity index (χ1) is 9.67. The summed E-state index contributed by atoms with van der Waals surface area (Å²) in [5.41, 5.74) is 7.01. The molecule has 0 saturated heterocycles. The number of pyridine rings is 1. The number of aromatic nitrogens is 1. The molecule has 0 bridgehead atoms. The molecule has 0 radical (unpaired) electrons. The Morgan fingerprint density at radius 2 is 2.25 bits per heavy atom. The third kappa shape index (κ3) is 2.97. The van der Waals surface area contributed by atoms with E-state index in [0.29, 0.717) is 30.0 Å². The van der Waals surface area contributed by atoms with Crippen LogP contribution in [0.5, 0.6) is 0 Å². The molecule has 6 heteroatoms. The van der Waals surface area contributed by atoms with Crippen LogP contribution in [0.1, 0.15) is 0 Å². The summed E-state index contributed by atoms with van der Waals surface area (Å²) in [5, 5.41) is 3.74. The standard InChI is InChI=1S/C14H18FN3O2/c1-19-8-9(20-2)7-18-14-11(15)6-12(16)10-4-3-5-17-13(10)14/h3-6,9,18H,7-8,16H2,1-2H3. The van der Waals surface area contributed by atoms with Crippen molar-refractivity contribution in [3.05, 3.63) is 30.2 Å². The van der Waals surface area contributed by atoms with Crippen LogP contribution in [-0.4, -0.2) is 38.5 Å². The highest BCUT2D eigenvalue weighted by Crippen LogP contribution is 2.29. The lowest BCUT2D eigenvalue weighted by Gasteiger charge is -2.17. The average Bonchev–Trinajstić information content (AvgIpc) is 2.45. The first-order valence-corrected chi connectivity index (χ1v) is 6.25. The predicted octanol–water partition coefficient (Wildman–Crippen LogP) is 2.03. The van der Waals surface area contributed by atoms with Gasteiger partial charge in [0.2, 0.25) is 0 Å². The van der Waals surface area contributed by atoms with Crippen LogP contribution in [0.3, 0.4) is 0 Å². The summed E-state index contributed by atoms with van der Waals surface area (Å²) in [6.07, 6.45) is 1.44. The van der Waals surface area contributed by atoms with Gasteiger partial charge in [-0.2, -0.15) is 0 Å². The topological polar surface area (TPSA) is 69.4 Å². The molecule has 108 valence electrons. The largest absolute Gasteiger partial charge is 0.398 e. The molecule has 0 aliphatic carbocycles. The van der Waals surface area contributed by atoms with E-state index in [9.17, 15) is 4.39 Å². The number of nitrogens with two attached hydrogens (primary N) is 1. The summed E-state index contributed by atoms with van der Waals surface area (Å²) in [6, 6.07) is 4.87. The quantitative estimate of drug-likeness (QED) is 0.792. The first-order valence-electron chi connectivity index (χ1n) is 6.25. The van der Waals surface area contributed by atoms with E-state index in [1.807, 2.05) is 6.07 Å². The maximum absolute atomic E-state index is 14.1. The molecule has 3 N–H and O–H groups in total. The van der Waals surface area contributed by atoms with Gasteiger partial charge in [-0.1, -0.05) is 0 Å². The van der Waals surface area contributed by atoms with Gasteiger partial charge in [0, 0.05) is 38.0 Å². The second-order valence-corrected chi connectivity index (χ2v) is 4.42. The molecule has 1 aromatic carbocycles. The lowest BCUT2D eigenvalue weighted by molar-refractivity contribution is 0.0365. The lowest BCUT2D eigenvalue weighted by Crippen LogP contribution is -2.27. The monoisotopic (exact) mass is 279 g/mol. The molecule has 1 aromatic heterocycles. The van der Waals surface area contributed by atoms with Gasteiger partial charge < -0.3 is 20.5 Å². The molecule has 0 fully saturated rings. The van der Waals surface area contributed by atoms with E-state index >= 15 is 0 Å². The Hall–Kier alpha value is -1.92.